The quantitative estimate of drug-likeness (QED) is 0.898. The van der Waals surface area contributed by atoms with Gasteiger partial charge in [-0.25, -0.2) is 13.1 Å². The van der Waals surface area contributed by atoms with Crippen LogP contribution in [0.15, 0.2) is 24.3 Å². The first kappa shape index (κ1) is 14.0. The summed E-state index contributed by atoms with van der Waals surface area (Å²) in [5, 5.41) is 8.99. The fourth-order valence-corrected chi connectivity index (χ4v) is 4.20. The van der Waals surface area contributed by atoms with E-state index in [-0.39, 0.29) is 11.3 Å². The summed E-state index contributed by atoms with van der Waals surface area (Å²) in [5.41, 5.74) is 0.732. The minimum Gasteiger partial charge on any atom is -0.212 e. The highest BCUT2D eigenvalue weighted by Gasteiger charge is 2.38. The van der Waals surface area contributed by atoms with Crippen molar-refractivity contribution in [3.8, 4) is 6.07 Å². The molecule has 5 heteroatoms. The van der Waals surface area contributed by atoms with Crippen LogP contribution < -0.4 is 4.72 Å². The van der Waals surface area contributed by atoms with Gasteiger partial charge in [0, 0.05) is 5.54 Å². The molecular weight excluding hydrogens is 260 g/mol. The molecule has 0 aromatic heterocycles. The molecule has 0 heterocycles. The van der Waals surface area contributed by atoms with E-state index in [1.54, 1.807) is 24.3 Å². The van der Waals surface area contributed by atoms with Crippen molar-refractivity contribution in [2.75, 3.05) is 0 Å². The maximum Gasteiger partial charge on any atom is 0.216 e. The zero-order valence-corrected chi connectivity index (χ0v) is 11.8. The van der Waals surface area contributed by atoms with E-state index in [1.807, 2.05) is 13.0 Å². The molecule has 0 bridgehead atoms. The van der Waals surface area contributed by atoms with Gasteiger partial charge in [0.25, 0.3) is 0 Å². The Labute approximate surface area is 114 Å². The first-order valence-electron chi connectivity index (χ1n) is 6.50. The third-order valence-corrected chi connectivity index (χ3v) is 5.28. The van der Waals surface area contributed by atoms with Gasteiger partial charge in [-0.1, -0.05) is 25.1 Å². The summed E-state index contributed by atoms with van der Waals surface area (Å²) < 4.78 is 27.2. The van der Waals surface area contributed by atoms with Crippen LogP contribution in [0, 0.1) is 11.3 Å². The lowest BCUT2D eigenvalue weighted by Gasteiger charge is -2.41. The number of nitrogens with one attached hydrogen (secondary N) is 1. The number of rotatable bonds is 5. The smallest absolute Gasteiger partial charge is 0.212 e. The zero-order chi connectivity index (χ0) is 13.9. The molecule has 0 saturated heterocycles. The van der Waals surface area contributed by atoms with Gasteiger partial charge in [-0.05, 0) is 37.3 Å². The molecule has 0 spiro atoms. The predicted molar refractivity (Wildman–Crippen MR) is 73.8 cm³/mol. The lowest BCUT2D eigenvalue weighted by atomic mass is 9.76. The highest BCUT2D eigenvalue weighted by molar-refractivity contribution is 7.88. The Kier molecular flexibility index (Phi) is 3.93. The molecule has 1 aromatic carbocycles. The summed E-state index contributed by atoms with van der Waals surface area (Å²) in [6, 6.07) is 8.86. The van der Waals surface area contributed by atoms with Crippen LogP contribution >= 0.6 is 0 Å². The molecule has 102 valence electrons. The van der Waals surface area contributed by atoms with Crippen molar-refractivity contribution in [2.45, 2.75) is 43.9 Å². The Bertz CT molecular complexity index is 593. The number of benzene rings is 1. The van der Waals surface area contributed by atoms with Gasteiger partial charge in [0.1, 0.15) is 0 Å². The SMILES string of the molecule is CCC1(NS(=O)(=O)Cc2ccccc2C#N)CCC1. The van der Waals surface area contributed by atoms with E-state index in [2.05, 4.69) is 4.72 Å². The van der Waals surface area contributed by atoms with Crippen molar-refractivity contribution in [1.29, 1.82) is 5.26 Å². The summed E-state index contributed by atoms with van der Waals surface area (Å²) in [6.45, 7) is 2.00. The number of hydrogen-bond donors (Lipinski definition) is 1. The number of sulfonamides is 1. The van der Waals surface area contributed by atoms with E-state index in [0.29, 0.717) is 11.1 Å². The number of hydrogen-bond acceptors (Lipinski definition) is 3. The van der Waals surface area contributed by atoms with Crippen molar-refractivity contribution in [3.63, 3.8) is 0 Å². The molecule has 1 fully saturated rings. The third kappa shape index (κ3) is 3.14. The van der Waals surface area contributed by atoms with E-state index < -0.39 is 10.0 Å². The van der Waals surface area contributed by atoms with E-state index in [0.717, 1.165) is 25.7 Å². The molecule has 0 unspecified atom stereocenters. The van der Waals surface area contributed by atoms with Crippen LogP contribution in [0.1, 0.15) is 43.7 Å². The van der Waals surface area contributed by atoms with Crippen LogP contribution in [0.4, 0.5) is 0 Å². The number of nitrogens with zero attached hydrogens (tertiary/aromatic N) is 1. The lowest BCUT2D eigenvalue weighted by Crippen LogP contribution is -2.53. The molecule has 0 atom stereocenters. The van der Waals surface area contributed by atoms with E-state index in [9.17, 15) is 8.42 Å². The maximum atomic E-state index is 12.2. The van der Waals surface area contributed by atoms with Crippen molar-refractivity contribution in [3.05, 3.63) is 35.4 Å². The minimum absolute atomic E-state index is 0.127. The van der Waals surface area contributed by atoms with E-state index in [4.69, 9.17) is 5.26 Å². The summed E-state index contributed by atoms with van der Waals surface area (Å²) >= 11 is 0. The topological polar surface area (TPSA) is 70.0 Å². The monoisotopic (exact) mass is 278 g/mol. The maximum absolute atomic E-state index is 12.2. The molecule has 1 N–H and O–H groups in total. The fraction of sp³-hybridized carbons (Fsp3) is 0.500. The normalized spacial score (nSPS) is 17.5. The van der Waals surface area contributed by atoms with E-state index >= 15 is 0 Å². The largest absolute Gasteiger partial charge is 0.216 e. The van der Waals surface area contributed by atoms with Crippen LogP contribution in [0.3, 0.4) is 0 Å². The van der Waals surface area contributed by atoms with Crippen molar-refractivity contribution in [1.82, 2.24) is 4.72 Å². The molecule has 4 nitrogen and oxygen atoms in total. The van der Waals surface area contributed by atoms with Gasteiger partial charge in [-0.15, -0.1) is 0 Å². The zero-order valence-electron chi connectivity index (χ0n) is 11.0. The third-order valence-electron chi connectivity index (χ3n) is 3.84. The van der Waals surface area contributed by atoms with Gasteiger partial charge in [0.2, 0.25) is 10.0 Å². The molecule has 1 aliphatic rings. The predicted octanol–water partition coefficient (Wildman–Crippen LogP) is 2.31. The number of nitriles is 1. The van der Waals surface area contributed by atoms with Crippen molar-refractivity contribution < 1.29 is 8.42 Å². The fourth-order valence-electron chi connectivity index (χ4n) is 2.46. The average molecular weight is 278 g/mol. The van der Waals surface area contributed by atoms with Gasteiger partial charge >= 0.3 is 0 Å². The van der Waals surface area contributed by atoms with Gasteiger partial charge in [-0.2, -0.15) is 5.26 Å². The van der Waals surface area contributed by atoms with Crippen molar-refractivity contribution in [2.24, 2.45) is 0 Å². The molecule has 0 amide bonds. The first-order chi connectivity index (χ1) is 9.00. The molecule has 19 heavy (non-hydrogen) atoms. The van der Waals surface area contributed by atoms with Gasteiger partial charge in [0.05, 0.1) is 17.4 Å². The van der Waals surface area contributed by atoms with Gasteiger partial charge in [0.15, 0.2) is 0 Å². The first-order valence-corrected chi connectivity index (χ1v) is 8.15. The Balaban J connectivity index is 2.16. The Morgan fingerprint density at radius 3 is 2.58 bits per heavy atom. The second-order valence-corrected chi connectivity index (χ2v) is 6.84. The second kappa shape index (κ2) is 5.32. The van der Waals surface area contributed by atoms with Crippen LogP contribution in [-0.2, 0) is 15.8 Å². The lowest BCUT2D eigenvalue weighted by molar-refractivity contribution is 0.213. The van der Waals surface area contributed by atoms with Crippen LogP contribution in [0.25, 0.3) is 0 Å². The second-order valence-electron chi connectivity index (χ2n) is 5.12. The van der Waals surface area contributed by atoms with Crippen LogP contribution in [0.5, 0.6) is 0 Å². The van der Waals surface area contributed by atoms with E-state index in [1.165, 1.54) is 0 Å². The summed E-state index contributed by atoms with van der Waals surface area (Å²) in [5.74, 6) is -0.127. The Morgan fingerprint density at radius 2 is 2.05 bits per heavy atom. The summed E-state index contributed by atoms with van der Waals surface area (Å²) in [7, 11) is -3.40. The van der Waals surface area contributed by atoms with Crippen LogP contribution in [0.2, 0.25) is 0 Å². The summed E-state index contributed by atoms with van der Waals surface area (Å²) in [4.78, 5) is 0. The Hall–Kier alpha value is -1.38. The highest BCUT2D eigenvalue weighted by Crippen LogP contribution is 2.35. The van der Waals surface area contributed by atoms with Gasteiger partial charge in [-0.3, -0.25) is 0 Å². The average Bonchev–Trinajstić information content (AvgIpc) is 2.34. The van der Waals surface area contributed by atoms with Gasteiger partial charge < -0.3 is 0 Å². The molecule has 1 saturated carbocycles. The molecular formula is C14H18N2O2S. The molecule has 1 aromatic rings. The molecule has 0 radical (unpaired) electrons. The molecule has 2 rings (SSSR count). The van der Waals surface area contributed by atoms with Crippen molar-refractivity contribution >= 4 is 10.0 Å². The minimum atomic E-state index is -3.40. The van der Waals surface area contributed by atoms with Crippen LogP contribution in [-0.4, -0.2) is 14.0 Å². The Morgan fingerprint density at radius 1 is 1.37 bits per heavy atom. The molecule has 1 aliphatic carbocycles. The highest BCUT2D eigenvalue weighted by atomic mass is 32.2. The summed E-state index contributed by atoms with van der Waals surface area (Å²) in [6.07, 6.45) is 3.70. The standard InChI is InChI=1S/C14H18N2O2S/c1-2-14(8-5-9-14)16-19(17,18)11-13-7-4-3-6-12(13)10-15/h3-4,6-7,16H,2,5,8-9,11H2,1H3. The molecule has 0 aliphatic heterocycles.